The maximum absolute atomic E-state index is 14.0. The van der Waals surface area contributed by atoms with Gasteiger partial charge >= 0.3 is 31.6 Å². The number of thiol groups is 1. The molecule has 6 aromatic heterocycles. The first-order valence-electron chi connectivity index (χ1n) is 24.3. The molecule has 0 saturated carbocycles. The first-order valence-corrected chi connectivity index (χ1v) is 32.2. The highest BCUT2D eigenvalue weighted by atomic mass is 32.7. The molecule has 38 heteroatoms. The minimum atomic E-state index is -4.42. The number of aromatic nitrogens is 12. The van der Waals surface area contributed by atoms with Crippen molar-refractivity contribution in [1.29, 1.82) is 0 Å². The van der Waals surface area contributed by atoms with Crippen LogP contribution in [-0.2, 0) is 74.3 Å². The van der Waals surface area contributed by atoms with Crippen molar-refractivity contribution in [3.63, 3.8) is 0 Å². The molecule has 4 saturated heterocycles. The van der Waals surface area contributed by atoms with Gasteiger partial charge < -0.3 is 58.3 Å². The summed E-state index contributed by atoms with van der Waals surface area (Å²) in [6.45, 7) is -9.45. The van der Waals surface area contributed by atoms with Gasteiger partial charge in [0.05, 0.1) is 63.0 Å². The van der Waals surface area contributed by atoms with Gasteiger partial charge in [-0.2, -0.15) is 4.98 Å². The van der Waals surface area contributed by atoms with Gasteiger partial charge in [-0.15, -0.1) is 0 Å². The number of nitrogen functional groups attached to an aromatic ring is 2. The van der Waals surface area contributed by atoms with Gasteiger partial charge in [-0.25, -0.2) is 34.1 Å². The van der Waals surface area contributed by atoms with Crippen molar-refractivity contribution < 1.29 is 60.4 Å². The summed E-state index contributed by atoms with van der Waals surface area (Å²) < 4.78 is 79.7. The highest BCUT2D eigenvalue weighted by Crippen LogP contribution is 2.58. The molecule has 0 aromatic carbocycles. The Labute approximate surface area is 459 Å². The second kappa shape index (κ2) is 22.9. The van der Waals surface area contributed by atoms with E-state index in [1.54, 1.807) is 11.5 Å². The van der Waals surface area contributed by atoms with E-state index < -0.39 is 129 Å². The van der Waals surface area contributed by atoms with Crippen LogP contribution in [0.2, 0.25) is 0 Å². The number of nitrogens with zero attached hydrogens (tertiary/aromatic N) is 9. The third-order valence-corrected chi connectivity index (χ3v) is 18.2. The second-order valence-corrected chi connectivity index (χ2v) is 27.3. The molecule has 428 valence electrons. The van der Waals surface area contributed by atoms with Crippen LogP contribution in [0, 0.1) is 13.8 Å². The topological polar surface area (TPSA) is 419 Å². The predicted molar refractivity (Wildman–Crippen MR) is 286 cm³/mol. The molecular weight excluding hydrogens is 1170 g/mol. The van der Waals surface area contributed by atoms with Crippen LogP contribution >= 0.6 is 32.5 Å². The van der Waals surface area contributed by atoms with E-state index in [2.05, 4.69) is 52.1 Å². The first-order chi connectivity index (χ1) is 37.4. The van der Waals surface area contributed by atoms with Gasteiger partial charge in [0.25, 0.3) is 16.7 Å². The maximum Gasteiger partial charge on any atom is 0.386 e. The zero-order valence-corrected chi connectivity index (χ0v) is 47.0. The van der Waals surface area contributed by atoms with Gasteiger partial charge in [0.2, 0.25) is 5.95 Å². The largest absolute Gasteiger partial charge is 0.386 e. The van der Waals surface area contributed by atoms with Crippen LogP contribution in [0.5, 0.6) is 0 Å². The summed E-state index contributed by atoms with van der Waals surface area (Å²) in [4.78, 5) is 114. The zero-order chi connectivity index (χ0) is 56.3. The lowest BCUT2D eigenvalue weighted by Gasteiger charge is -2.27. The Morgan fingerprint density at radius 3 is 1.77 bits per heavy atom. The molecular formula is C41H53N14O18P3S3. The fourth-order valence-corrected chi connectivity index (χ4v) is 14.1. The summed E-state index contributed by atoms with van der Waals surface area (Å²) in [5, 5.41) is 0. The average molecular weight is 1220 g/mol. The molecule has 0 aliphatic carbocycles. The summed E-state index contributed by atoms with van der Waals surface area (Å²) in [6.07, 6.45) is -2.73. The Morgan fingerprint density at radius 2 is 1.18 bits per heavy atom. The van der Waals surface area contributed by atoms with Crippen LogP contribution in [0.1, 0.15) is 81.5 Å². The molecule has 14 atom stereocenters. The fourth-order valence-electron chi connectivity index (χ4n) is 9.57. The van der Waals surface area contributed by atoms with Crippen molar-refractivity contribution in [1.82, 2.24) is 58.1 Å². The number of rotatable bonds is 20. The van der Waals surface area contributed by atoms with E-state index in [4.69, 9.17) is 81.2 Å². The van der Waals surface area contributed by atoms with Crippen LogP contribution < -0.4 is 39.5 Å². The number of nitrogens with one attached hydrogen (secondary N) is 3. The molecule has 0 bridgehead atoms. The van der Waals surface area contributed by atoms with E-state index in [0.29, 0.717) is 30.4 Å². The van der Waals surface area contributed by atoms with Crippen molar-refractivity contribution in [2.45, 2.75) is 127 Å². The molecule has 79 heavy (non-hydrogen) atoms. The third-order valence-electron chi connectivity index (χ3n) is 13.4. The van der Waals surface area contributed by atoms with Crippen molar-refractivity contribution in [3.05, 3.63) is 94.5 Å². The van der Waals surface area contributed by atoms with Gasteiger partial charge in [-0.05, 0) is 56.7 Å². The maximum atomic E-state index is 14.0. The van der Waals surface area contributed by atoms with Crippen molar-refractivity contribution in [3.8, 4) is 0 Å². The first kappa shape index (κ1) is 57.5. The minimum Gasteiger partial charge on any atom is -0.382 e. The number of aryl methyl sites for hydroxylation is 2. The number of hydrogen-bond donors (Lipinski definition) is 8. The zero-order valence-electron chi connectivity index (χ0n) is 41.8. The molecule has 32 nitrogen and oxygen atoms in total. The molecule has 4 aliphatic rings. The van der Waals surface area contributed by atoms with E-state index in [-0.39, 0.29) is 59.9 Å². The SMILES string of the molecule is CC[C@H]1O[C@@H](n2cc(C)c(=O)[nH]c2=O)C[C@H]1OP(=O)(S)OC[C@H]1O[C@@H](n2cnc3c(=O)[nH]c(N)nc32)C[C@H]1OP(O)(=S)OC[C@H]1O[C@@H](n2cc(C)c(=O)[nH]c2=O)C[C@H]1OP(O)(=S)OC[C@@H]1CC[C@H](n2cnc3c(N)ncnc32)O1. The monoisotopic (exact) mass is 1220 g/mol. The Kier molecular flexibility index (Phi) is 16.7. The Morgan fingerprint density at radius 1 is 0.658 bits per heavy atom. The van der Waals surface area contributed by atoms with Crippen LogP contribution in [0.4, 0.5) is 11.8 Å². The van der Waals surface area contributed by atoms with Gasteiger partial charge in [0.1, 0.15) is 49.0 Å². The highest BCUT2D eigenvalue weighted by Gasteiger charge is 2.46. The summed E-state index contributed by atoms with van der Waals surface area (Å²) in [5.74, 6) is -0.0107. The summed E-state index contributed by atoms with van der Waals surface area (Å²) in [7, 11) is 0. The lowest BCUT2D eigenvalue weighted by molar-refractivity contribution is -0.0518. The Hall–Kier alpha value is -4.74. The molecule has 4 fully saturated rings. The number of imidazole rings is 2. The summed E-state index contributed by atoms with van der Waals surface area (Å²) in [6, 6.07) is 0. The van der Waals surface area contributed by atoms with E-state index in [9.17, 15) is 38.3 Å². The quantitative estimate of drug-likeness (QED) is 0.0396. The van der Waals surface area contributed by atoms with Crippen LogP contribution in [0.15, 0.2) is 55.3 Å². The van der Waals surface area contributed by atoms with Gasteiger partial charge in [0.15, 0.2) is 22.6 Å². The molecule has 0 radical (unpaired) electrons. The number of nitrogens with two attached hydrogens (primary N) is 2. The van der Waals surface area contributed by atoms with E-state index >= 15 is 0 Å². The molecule has 10 heterocycles. The Balaban J connectivity index is 0.831. The molecule has 9 N–H and O–H groups in total. The van der Waals surface area contributed by atoms with Crippen LogP contribution in [0.25, 0.3) is 22.3 Å². The molecule has 0 amide bonds. The van der Waals surface area contributed by atoms with Crippen molar-refractivity contribution >= 4 is 90.2 Å². The Bertz CT molecular complexity index is 3750. The average Bonchev–Trinajstić information content (AvgIpc) is 4.42. The molecule has 10 rings (SSSR count). The second-order valence-electron chi connectivity index (χ2n) is 18.8. The number of aromatic amines is 3. The standard InChI is InChI=1S/C41H53N14O18P3S3/c1-4-21-22(7-28(68-21)52-10-18(2)36(56)50-40(52)59)71-75(62,78)65-14-26-24(9-30(70-26)55-17-47-32-35(55)48-39(43)49-38(32)58)73-76(63,79)66-13-25-23(8-29(69-25)53-11-19(3)37(57)51-41(53)60)72-74(61,77)64-12-20-5-6-27(67-20)54-16-46-31-33(42)44-15-45-34(31)54/h10-11,15-17,20-30H,4-9,12-14H2,1-3H3,(H,61,77)(H,62,78)(H,63,79)(H2,42,44,45)(H,50,56,59)(H,51,57,60)(H3,43,48,49,58)/t20-,21+,22+,23+,24+,25+,26+,27+,28+,29+,30+,74?,75?,76?/m0/s1. The highest BCUT2D eigenvalue weighted by molar-refractivity contribution is 8.44. The van der Waals surface area contributed by atoms with Crippen LogP contribution in [0.3, 0.4) is 0 Å². The molecule has 3 unspecified atom stereocenters. The lowest BCUT2D eigenvalue weighted by atomic mass is 10.1. The van der Waals surface area contributed by atoms with Crippen molar-refractivity contribution in [2.75, 3.05) is 31.3 Å². The molecule has 0 spiro atoms. The van der Waals surface area contributed by atoms with Gasteiger partial charge in [0, 0.05) is 42.8 Å². The van der Waals surface area contributed by atoms with Gasteiger partial charge in [-0.1, -0.05) is 19.2 Å². The molecule has 4 aliphatic heterocycles. The van der Waals surface area contributed by atoms with E-state index in [0.717, 1.165) is 4.57 Å². The van der Waals surface area contributed by atoms with Crippen molar-refractivity contribution in [2.24, 2.45) is 0 Å². The summed E-state index contributed by atoms with van der Waals surface area (Å²) >= 11 is 15.3. The normalized spacial score (nSPS) is 28.6. The number of anilines is 2. The smallest absolute Gasteiger partial charge is 0.382 e. The third kappa shape index (κ3) is 12.7. The predicted octanol–water partition coefficient (Wildman–Crippen LogP) is 1.47. The van der Waals surface area contributed by atoms with E-state index in [1.165, 1.54) is 54.4 Å². The minimum absolute atomic E-state index is 0.0212. The summed E-state index contributed by atoms with van der Waals surface area (Å²) in [5.41, 5.74) is 9.75. The van der Waals surface area contributed by atoms with Crippen LogP contribution in [-0.4, -0.2) is 130 Å². The fraction of sp³-hybridized carbons (Fsp3) is 0.561. The lowest BCUT2D eigenvalue weighted by Crippen LogP contribution is -2.33. The number of hydrogen-bond acceptors (Lipinski definition) is 25. The van der Waals surface area contributed by atoms with Gasteiger partial charge in [-0.3, -0.25) is 56.7 Å². The molecule has 6 aromatic rings. The number of H-pyrrole nitrogens is 3. The number of fused-ring (bicyclic) bond motifs is 2. The number of ether oxygens (including phenoxy) is 4. The van der Waals surface area contributed by atoms with E-state index in [1.807, 2.05) is 0 Å².